The number of hydrogen-bond donors (Lipinski definition) is 1. The lowest BCUT2D eigenvalue weighted by Crippen LogP contribution is -2.18. The Morgan fingerprint density at radius 1 is 1.19 bits per heavy atom. The van der Waals surface area contributed by atoms with E-state index in [1.54, 1.807) is 24.5 Å². The highest BCUT2D eigenvalue weighted by Crippen LogP contribution is 2.36. The quantitative estimate of drug-likeness (QED) is 0.617. The second kappa shape index (κ2) is 7.97. The van der Waals surface area contributed by atoms with Gasteiger partial charge in [0.1, 0.15) is 0 Å². The largest absolute Gasteiger partial charge is 0.418 e. The van der Waals surface area contributed by atoms with Crippen LogP contribution in [0.2, 0.25) is 5.02 Å². The van der Waals surface area contributed by atoms with Crippen molar-refractivity contribution in [2.75, 3.05) is 11.1 Å². The van der Waals surface area contributed by atoms with Crippen LogP contribution in [0, 0.1) is 0 Å². The fourth-order valence-corrected chi connectivity index (χ4v) is 2.79. The summed E-state index contributed by atoms with van der Waals surface area (Å²) in [4.78, 5) is 15.9. The second-order valence-corrected chi connectivity index (χ2v) is 6.50. The lowest BCUT2D eigenvalue weighted by Gasteiger charge is -2.13. The van der Waals surface area contributed by atoms with Crippen LogP contribution in [0.3, 0.4) is 0 Å². The van der Waals surface area contributed by atoms with Crippen molar-refractivity contribution in [1.82, 2.24) is 15.2 Å². The smallest absolute Gasteiger partial charge is 0.411 e. The average molecular weight is 415 g/mol. The minimum absolute atomic E-state index is 0.0794. The third kappa shape index (κ3) is 4.98. The third-order valence-electron chi connectivity index (χ3n) is 3.22. The highest BCUT2D eigenvalue weighted by Gasteiger charge is 2.34. The Hall–Kier alpha value is -2.59. The minimum atomic E-state index is -4.65. The zero-order valence-corrected chi connectivity index (χ0v) is 14.9. The first-order valence-electron chi connectivity index (χ1n) is 7.36. The molecule has 0 unspecified atom stereocenters. The Labute approximate surface area is 160 Å². The molecule has 1 N–H and O–H groups in total. The lowest BCUT2D eigenvalue weighted by atomic mass is 10.1. The molecule has 6 nitrogen and oxygen atoms in total. The summed E-state index contributed by atoms with van der Waals surface area (Å²) in [6.07, 6.45) is -1.53. The summed E-state index contributed by atoms with van der Waals surface area (Å²) in [7, 11) is 0. The Bertz CT molecular complexity index is 950. The van der Waals surface area contributed by atoms with Crippen molar-refractivity contribution in [2.45, 2.75) is 11.4 Å². The van der Waals surface area contributed by atoms with E-state index in [4.69, 9.17) is 16.0 Å². The molecule has 1 amide bonds. The van der Waals surface area contributed by atoms with Crippen molar-refractivity contribution in [3.8, 4) is 11.5 Å². The van der Waals surface area contributed by atoms with Crippen LogP contribution in [0.15, 0.2) is 52.4 Å². The summed E-state index contributed by atoms with van der Waals surface area (Å²) < 4.78 is 44.5. The summed E-state index contributed by atoms with van der Waals surface area (Å²) in [5, 5.41) is 9.88. The molecule has 0 saturated carbocycles. The molecule has 0 spiro atoms. The van der Waals surface area contributed by atoms with Gasteiger partial charge in [-0.05, 0) is 30.3 Å². The van der Waals surface area contributed by atoms with E-state index in [-0.39, 0.29) is 27.6 Å². The van der Waals surface area contributed by atoms with Gasteiger partial charge in [0.25, 0.3) is 5.22 Å². The fraction of sp³-hybridized carbons (Fsp3) is 0.125. The third-order valence-corrected chi connectivity index (χ3v) is 4.28. The first-order valence-corrected chi connectivity index (χ1v) is 8.72. The number of halogens is 4. The molecule has 2 heterocycles. The first-order chi connectivity index (χ1) is 12.8. The van der Waals surface area contributed by atoms with Crippen LogP contribution >= 0.6 is 23.4 Å². The summed E-state index contributed by atoms with van der Waals surface area (Å²) in [5.41, 5.74) is -0.739. The van der Waals surface area contributed by atoms with Crippen molar-refractivity contribution in [2.24, 2.45) is 0 Å². The molecule has 3 aromatic rings. The normalized spacial score (nSPS) is 11.4. The maximum absolute atomic E-state index is 13.0. The number of aromatic nitrogens is 3. The van der Waals surface area contributed by atoms with Gasteiger partial charge < -0.3 is 9.73 Å². The molecule has 2 aromatic heterocycles. The van der Waals surface area contributed by atoms with Crippen LogP contribution in [-0.4, -0.2) is 26.8 Å². The summed E-state index contributed by atoms with van der Waals surface area (Å²) >= 11 is 6.51. The van der Waals surface area contributed by atoms with Crippen molar-refractivity contribution in [3.63, 3.8) is 0 Å². The van der Waals surface area contributed by atoms with Gasteiger partial charge in [-0.25, -0.2) is 0 Å². The van der Waals surface area contributed by atoms with E-state index in [1.807, 2.05) is 0 Å². The van der Waals surface area contributed by atoms with Gasteiger partial charge in [0, 0.05) is 23.0 Å². The van der Waals surface area contributed by atoms with Crippen molar-refractivity contribution in [3.05, 3.63) is 53.3 Å². The van der Waals surface area contributed by atoms with Crippen molar-refractivity contribution >= 4 is 35.0 Å². The van der Waals surface area contributed by atoms with Gasteiger partial charge in [0.2, 0.25) is 11.8 Å². The standard InChI is InChI=1S/C16H10ClF3N4O2S/c17-10-1-2-12(11(7-10)16(18,19)20)22-13(25)8-27-15-24-23-14(26-15)9-3-5-21-6-4-9/h1-7H,8H2,(H,22,25). The number of anilines is 1. The van der Waals surface area contributed by atoms with E-state index in [9.17, 15) is 18.0 Å². The molecule has 0 aliphatic carbocycles. The van der Waals surface area contributed by atoms with E-state index >= 15 is 0 Å². The fourth-order valence-electron chi connectivity index (χ4n) is 2.05. The molecule has 0 bridgehead atoms. The van der Waals surface area contributed by atoms with Crippen LogP contribution in [0.4, 0.5) is 18.9 Å². The van der Waals surface area contributed by atoms with Gasteiger partial charge in [-0.2, -0.15) is 13.2 Å². The number of nitrogens with one attached hydrogen (secondary N) is 1. The molecule has 0 radical (unpaired) electrons. The zero-order valence-electron chi connectivity index (χ0n) is 13.3. The van der Waals surface area contributed by atoms with Gasteiger partial charge in [-0.15, -0.1) is 10.2 Å². The highest BCUT2D eigenvalue weighted by atomic mass is 35.5. The van der Waals surface area contributed by atoms with Crippen LogP contribution in [0.5, 0.6) is 0 Å². The predicted octanol–water partition coefficient (Wildman–Crippen LogP) is 4.53. The molecule has 140 valence electrons. The van der Waals surface area contributed by atoms with Crippen LogP contribution in [-0.2, 0) is 11.0 Å². The summed E-state index contributed by atoms with van der Waals surface area (Å²) in [6.45, 7) is 0. The molecule has 0 saturated heterocycles. The van der Waals surface area contributed by atoms with Gasteiger partial charge in [-0.1, -0.05) is 23.4 Å². The van der Waals surface area contributed by atoms with E-state index in [0.717, 1.165) is 23.9 Å². The number of alkyl halides is 3. The Morgan fingerprint density at radius 3 is 2.63 bits per heavy atom. The molecular weight excluding hydrogens is 405 g/mol. The maximum Gasteiger partial charge on any atom is 0.418 e. The van der Waals surface area contributed by atoms with E-state index in [1.165, 1.54) is 6.07 Å². The number of carbonyl (C=O) groups excluding carboxylic acids is 1. The second-order valence-electron chi connectivity index (χ2n) is 5.13. The first kappa shape index (κ1) is 19.2. The molecule has 0 aliphatic rings. The lowest BCUT2D eigenvalue weighted by molar-refractivity contribution is -0.137. The van der Waals surface area contributed by atoms with Crippen molar-refractivity contribution in [1.29, 1.82) is 0 Å². The highest BCUT2D eigenvalue weighted by molar-refractivity contribution is 7.99. The number of hydrogen-bond acceptors (Lipinski definition) is 6. The van der Waals surface area contributed by atoms with Gasteiger partial charge in [0.05, 0.1) is 17.0 Å². The molecule has 3 rings (SSSR count). The molecule has 27 heavy (non-hydrogen) atoms. The molecule has 11 heteroatoms. The Kier molecular flexibility index (Phi) is 5.66. The summed E-state index contributed by atoms with van der Waals surface area (Å²) in [5.74, 6) is -0.619. The van der Waals surface area contributed by atoms with Gasteiger partial charge >= 0.3 is 6.18 Å². The zero-order chi connectivity index (χ0) is 19.4. The van der Waals surface area contributed by atoms with Crippen LogP contribution in [0.1, 0.15) is 5.56 Å². The van der Waals surface area contributed by atoms with Crippen LogP contribution in [0.25, 0.3) is 11.5 Å². The molecular formula is C16H10ClF3N4O2S. The number of pyridine rings is 1. The number of amides is 1. The number of thioether (sulfide) groups is 1. The number of carbonyl (C=O) groups is 1. The van der Waals surface area contributed by atoms with E-state index in [0.29, 0.717) is 5.56 Å². The SMILES string of the molecule is O=C(CSc1nnc(-c2ccncc2)o1)Nc1ccc(Cl)cc1C(F)(F)F. The number of nitrogens with zero attached hydrogens (tertiary/aromatic N) is 3. The monoisotopic (exact) mass is 414 g/mol. The Balaban J connectivity index is 1.64. The van der Waals surface area contributed by atoms with Gasteiger partial charge in [0.15, 0.2) is 0 Å². The minimum Gasteiger partial charge on any atom is -0.411 e. The molecule has 0 atom stereocenters. The van der Waals surface area contributed by atoms with Gasteiger partial charge in [-0.3, -0.25) is 9.78 Å². The number of rotatable bonds is 5. The molecule has 1 aromatic carbocycles. The predicted molar refractivity (Wildman–Crippen MR) is 93.3 cm³/mol. The molecule has 0 aliphatic heterocycles. The summed E-state index contributed by atoms with van der Waals surface area (Å²) in [6, 6.07) is 6.46. The Morgan fingerprint density at radius 2 is 1.93 bits per heavy atom. The number of benzene rings is 1. The topological polar surface area (TPSA) is 80.9 Å². The van der Waals surface area contributed by atoms with E-state index < -0.39 is 17.6 Å². The van der Waals surface area contributed by atoms with Crippen LogP contribution < -0.4 is 5.32 Å². The average Bonchev–Trinajstić information content (AvgIpc) is 3.10. The van der Waals surface area contributed by atoms with Crippen molar-refractivity contribution < 1.29 is 22.4 Å². The van der Waals surface area contributed by atoms with E-state index in [2.05, 4.69) is 20.5 Å². The maximum atomic E-state index is 13.0. The molecule has 0 fully saturated rings.